The lowest BCUT2D eigenvalue weighted by atomic mass is 10.1. The van der Waals surface area contributed by atoms with Gasteiger partial charge in [0.2, 0.25) is 5.91 Å². The first-order valence-corrected chi connectivity index (χ1v) is 10.3. The number of carbonyl (C=O) groups is 4. The Morgan fingerprint density at radius 2 is 1.62 bits per heavy atom. The topological polar surface area (TPSA) is 89.5 Å². The van der Waals surface area contributed by atoms with E-state index in [2.05, 4.69) is 5.32 Å². The molecule has 0 aliphatic rings. The molecule has 1 N–H and O–H groups in total. The van der Waals surface area contributed by atoms with E-state index >= 15 is 0 Å². The van der Waals surface area contributed by atoms with Crippen molar-refractivity contribution in [1.29, 1.82) is 0 Å². The summed E-state index contributed by atoms with van der Waals surface area (Å²) in [6.07, 6.45) is 1.70. The Morgan fingerprint density at radius 3 is 2.24 bits per heavy atom. The summed E-state index contributed by atoms with van der Waals surface area (Å²) in [6, 6.07) is 11.3. The van der Waals surface area contributed by atoms with E-state index in [1.807, 2.05) is 6.26 Å². The number of thioether (sulfide) groups is 1. The second-order valence-electron chi connectivity index (χ2n) is 6.11. The van der Waals surface area contributed by atoms with Crippen LogP contribution in [0.2, 0.25) is 5.02 Å². The lowest BCUT2D eigenvalue weighted by molar-refractivity contribution is -0.142. The van der Waals surface area contributed by atoms with Crippen molar-refractivity contribution in [3.8, 4) is 0 Å². The Bertz CT molecular complexity index is 927. The van der Waals surface area contributed by atoms with E-state index in [1.54, 1.807) is 42.5 Å². The Hall–Kier alpha value is -2.64. The molecule has 2 rings (SSSR count). The van der Waals surface area contributed by atoms with Gasteiger partial charge in [-0.15, -0.1) is 11.8 Å². The summed E-state index contributed by atoms with van der Waals surface area (Å²) in [6.45, 7) is 0.942. The zero-order valence-electron chi connectivity index (χ0n) is 16.0. The molecule has 0 bridgehead atoms. The van der Waals surface area contributed by atoms with Crippen molar-refractivity contribution in [2.75, 3.05) is 18.2 Å². The minimum Gasteiger partial charge on any atom is -0.457 e. The Balaban J connectivity index is 1.88. The van der Waals surface area contributed by atoms with E-state index in [4.69, 9.17) is 16.3 Å². The first-order valence-electron chi connectivity index (χ1n) is 8.73. The van der Waals surface area contributed by atoms with Gasteiger partial charge in [0.05, 0.1) is 12.1 Å². The zero-order chi connectivity index (χ0) is 21.4. The minimum atomic E-state index is -0.636. The van der Waals surface area contributed by atoms with E-state index in [-0.39, 0.29) is 24.5 Å². The van der Waals surface area contributed by atoms with Crippen LogP contribution in [-0.2, 0) is 14.3 Å². The molecule has 0 saturated heterocycles. The number of halogens is 1. The van der Waals surface area contributed by atoms with Gasteiger partial charge in [-0.1, -0.05) is 17.7 Å². The molecule has 0 unspecified atom stereocenters. The summed E-state index contributed by atoms with van der Waals surface area (Å²) in [4.78, 5) is 48.4. The number of rotatable bonds is 9. The number of benzene rings is 2. The second kappa shape index (κ2) is 10.8. The van der Waals surface area contributed by atoms with Crippen LogP contribution in [0.5, 0.6) is 0 Å². The Morgan fingerprint density at radius 1 is 0.966 bits per heavy atom. The van der Waals surface area contributed by atoms with Crippen LogP contribution >= 0.6 is 23.4 Å². The van der Waals surface area contributed by atoms with Crippen LogP contribution < -0.4 is 5.32 Å². The third-order valence-electron chi connectivity index (χ3n) is 3.92. The zero-order valence-corrected chi connectivity index (χ0v) is 17.6. The van der Waals surface area contributed by atoms with Crippen LogP contribution in [-0.4, -0.2) is 36.3 Å². The Labute approximate surface area is 178 Å². The number of ether oxygens (including phenoxy) is 1. The fourth-order valence-electron chi connectivity index (χ4n) is 2.47. The monoisotopic (exact) mass is 433 g/mol. The molecule has 152 valence electrons. The molecule has 2 aromatic rings. The van der Waals surface area contributed by atoms with E-state index in [0.717, 1.165) is 4.90 Å². The number of Topliss-reactive ketones (excluding diaryl/α,β-unsaturated/α-hetero) is 2. The molecule has 29 heavy (non-hydrogen) atoms. The summed E-state index contributed by atoms with van der Waals surface area (Å²) in [5, 5.41) is 3.19. The minimum absolute atomic E-state index is 0.0241. The van der Waals surface area contributed by atoms with E-state index in [9.17, 15) is 19.2 Å². The number of ketones is 2. The molecule has 0 aromatic heterocycles. The van der Waals surface area contributed by atoms with Gasteiger partial charge in [0, 0.05) is 34.4 Å². The number of hydrogen-bond acceptors (Lipinski definition) is 6. The third kappa shape index (κ3) is 7.03. The van der Waals surface area contributed by atoms with Crippen molar-refractivity contribution in [3.05, 3.63) is 58.6 Å². The van der Waals surface area contributed by atoms with E-state index in [1.165, 1.54) is 18.7 Å². The molecule has 0 spiro atoms. The van der Waals surface area contributed by atoms with Gasteiger partial charge in [0.1, 0.15) is 0 Å². The van der Waals surface area contributed by atoms with Gasteiger partial charge in [-0.05, 0) is 42.7 Å². The van der Waals surface area contributed by atoms with E-state index in [0.29, 0.717) is 21.8 Å². The van der Waals surface area contributed by atoms with Gasteiger partial charge < -0.3 is 10.1 Å². The average molecular weight is 434 g/mol. The van der Waals surface area contributed by atoms with Crippen molar-refractivity contribution in [3.63, 3.8) is 0 Å². The lowest BCUT2D eigenvalue weighted by Crippen LogP contribution is -2.15. The fraction of sp³-hybridized carbons (Fsp3) is 0.238. The Kier molecular flexibility index (Phi) is 8.42. The fourth-order valence-corrected chi connectivity index (χ4v) is 3.13. The summed E-state index contributed by atoms with van der Waals surface area (Å²) in [7, 11) is 0. The highest BCUT2D eigenvalue weighted by atomic mass is 35.5. The summed E-state index contributed by atoms with van der Waals surface area (Å²) >= 11 is 7.21. The molecule has 1 amide bonds. The maximum atomic E-state index is 12.3. The first-order chi connectivity index (χ1) is 13.8. The number of hydrogen-bond donors (Lipinski definition) is 1. The van der Waals surface area contributed by atoms with Crippen molar-refractivity contribution in [2.24, 2.45) is 0 Å². The molecule has 0 aliphatic heterocycles. The molecule has 0 heterocycles. The number of esters is 1. The van der Waals surface area contributed by atoms with Crippen LogP contribution in [0.3, 0.4) is 0 Å². The highest BCUT2D eigenvalue weighted by Gasteiger charge is 2.15. The molecule has 0 fully saturated rings. The van der Waals surface area contributed by atoms with Crippen LogP contribution in [0.1, 0.15) is 40.5 Å². The van der Waals surface area contributed by atoms with Gasteiger partial charge in [-0.2, -0.15) is 0 Å². The van der Waals surface area contributed by atoms with Crippen LogP contribution in [0.4, 0.5) is 5.69 Å². The summed E-state index contributed by atoms with van der Waals surface area (Å²) in [5.41, 5.74) is 1.30. The second-order valence-corrected chi connectivity index (χ2v) is 7.39. The van der Waals surface area contributed by atoms with Gasteiger partial charge in [-0.25, -0.2) is 0 Å². The quantitative estimate of drug-likeness (QED) is 0.358. The van der Waals surface area contributed by atoms with Crippen molar-refractivity contribution in [1.82, 2.24) is 0 Å². The predicted octanol–water partition coefficient (Wildman–Crippen LogP) is 4.41. The standard InChI is InChI=1S/C21H20ClNO5S/c1-13(24)23-17-11-15(5-9-20(17)29-2)19(26)12-28-21(27)10-8-18(25)14-3-6-16(22)7-4-14/h3-7,9,11H,8,10,12H2,1-2H3,(H,23,24). The van der Waals surface area contributed by atoms with Gasteiger partial charge in [0.15, 0.2) is 18.2 Å². The lowest BCUT2D eigenvalue weighted by Gasteiger charge is -2.10. The van der Waals surface area contributed by atoms with Gasteiger partial charge >= 0.3 is 5.97 Å². The van der Waals surface area contributed by atoms with Gasteiger partial charge in [0.25, 0.3) is 0 Å². The summed E-state index contributed by atoms with van der Waals surface area (Å²) in [5.74, 6) is -1.50. The average Bonchev–Trinajstić information content (AvgIpc) is 2.70. The highest BCUT2D eigenvalue weighted by Crippen LogP contribution is 2.26. The van der Waals surface area contributed by atoms with Crippen LogP contribution in [0.25, 0.3) is 0 Å². The molecule has 0 atom stereocenters. The molecule has 6 nitrogen and oxygen atoms in total. The molecule has 0 saturated carbocycles. The third-order valence-corrected chi connectivity index (χ3v) is 4.97. The number of nitrogens with one attached hydrogen (secondary N) is 1. The first kappa shape index (κ1) is 22.6. The van der Waals surface area contributed by atoms with Crippen LogP contribution in [0, 0.1) is 0 Å². The largest absolute Gasteiger partial charge is 0.457 e. The molecule has 2 aromatic carbocycles. The van der Waals surface area contributed by atoms with Crippen molar-refractivity contribution < 1.29 is 23.9 Å². The van der Waals surface area contributed by atoms with Crippen LogP contribution in [0.15, 0.2) is 47.4 Å². The van der Waals surface area contributed by atoms with Crippen molar-refractivity contribution in [2.45, 2.75) is 24.7 Å². The molecule has 8 heteroatoms. The predicted molar refractivity (Wildman–Crippen MR) is 113 cm³/mol. The normalized spacial score (nSPS) is 10.3. The summed E-state index contributed by atoms with van der Waals surface area (Å²) < 4.78 is 4.99. The maximum Gasteiger partial charge on any atom is 0.306 e. The number of anilines is 1. The van der Waals surface area contributed by atoms with Crippen molar-refractivity contribution >= 4 is 52.5 Å². The van der Waals surface area contributed by atoms with Gasteiger partial charge in [-0.3, -0.25) is 19.2 Å². The maximum absolute atomic E-state index is 12.3. The smallest absolute Gasteiger partial charge is 0.306 e. The highest BCUT2D eigenvalue weighted by molar-refractivity contribution is 7.98. The molecular weight excluding hydrogens is 414 g/mol. The molecular formula is C21H20ClNO5S. The number of carbonyl (C=O) groups excluding carboxylic acids is 4. The number of amides is 1. The molecule has 0 aliphatic carbocycles. The van der Waals surface area contributed by atoms with E-state index < -0.39 is 18.4 Å². The SMILES string of the molecule is CSc1ccc(C(=O)COC(=O)CCC(=O)c2ccc(Cl)cc2)cc1NC(C)=O. The molecule has 0 radical (unpaired) electrons.